The molecule has 2 aromatic rings. The number of rotatable bonds is 40. The monoisotopic (exact) mass is 894 g/mol. The number of fused-ring (bicyclic) bond motifs is 1. The zero-order valence-electron chi connectivity index (χ0n) is 36.7. The number of carbonyl (C=O) groups excluding carboxylic acids is 1. The van der Waals surface area contributed by atoms with Gasteiger partial charge in [0.15, 0.2) is 0 Å². The number of nitrogens with two attached hydrogens (primary N) is 1. The van der Waals surface area contributed by atoms with Crippen LogP contribution < -0.4 is 11.1 Å². The SMILES string of the molecule is CCC(N)C1=Nc2ccsc2C=C(C(=O)NCc2ccc(CN(C)CCOCCOCCOCCOCCOCCOCCOCCOCCOCCOCCC(=O)O)cc2)C1. The van der Waals surface area contributed by atoms with E-state index in [0.717, 1.165) is 41.4 Å². The third-order valence-corrected chi connectivity index (χ3v) is 9.98. The highest BCUT2D eigenvalue weighted by Gasteiger charge is 2.21. The van der Waals surface area contributed by atoms with Gasteiger partial charge in [0.1, 0.15) is 0 Å². The molecule has 0 saturated heterocycles. The molecule has 1 aliphatic heterocycles. The lowest BCUT2D eigenvalue weighted by Crippen LogP contribution is -2.32. The van der Waals surface area contributed by atoms with E-state index >= 15 is 0 Å². The molecular formula is C44H70N4O13S. The molecule has 0 fully saturated rings. The molecule has 0 bridgehead atoms. The number of aliphatic carboxylic acids is 1. The molecule has 0 spiro atoms. The van der Waals surface area contributed by atoms with Gasteiger partial charge in [-0.2, -0.15) is 0 Å². The summed E-state index contributed by atoms with van der Waals surface area (Å²) in [5.41, 5.74) is 10.9. The van der Waals surface area contributed by atoms with Crippen LogP contribution in [-0.4, -0.2) is 179 Å². The highest BCUT2D eigenvalue weighted by atomic mass is 32.1. The van der Waals surface area contributed by atoms with Gasteiger partial charge in [0.25, 0.3) is 0 Å². The molecular weight excluding hydrogens is 825 g/mol. The van der Waals surface area contributed by atoms with E-state index in [1.54, 1.807) is 11.3 Å². The number of amides is 1. The third-order valence-electron chi connectivity index (χ3n) is 9.13. The van der Waals surface area contributed by atoms with E-state index in [4.69, 9.17) is 63.2 Å². The van der Waals surface area contributed by atoms with Crippen molar-refractivity contribution in [3.05, 3.63) is 57.3 Å². The molecule has 2 heterocycles. The van der Waals surface area contributed by atoms with Gasteiger partial charge in [-0.15, -0.1) is 11.3 Å². The molecule has 1 unspecified atom stereocenters. The first-order valence-electron chi connectivity index (χ1n) is 21.5. The van der Waals surface area contributed by atoms with E-state index in [2.05, 4.69) is 41.5 Å². The maximum atomic E-state index is 13.2. The average molecular weight is 895 g/mol. The minimum Gasteiger partial charge on any atom is -0.481 e. The lowest BCUT2D eigenvalue weighted by molar-refractivity contribution is -0.138. The largest absolute Gasteiger partial charge is 0.481 e. The second-order valence-corrected chi connectivity index (χ2v) is 15.1. The summed E-state index contributed by atoms with van der Waals surface area (Å²) in [7, 11) is 2.07. The Morgan fingerprint density at radius 3 is 1.58 bits per heavy atom. The van der Waals surface area contributed by atoms with E-state index < -0.39 is 5.97 Å². The van der Waals surface area contributed by atoms with E-state index in [0.29, 0.717) is 144 Å². The molecule has 62 heavy (non-hydrogen) atoms. The Hall–Kier alpha value is -3.21. The molecule has 0 saturated carbocycles. The van der Waals surface area contributed by atoms with E-state index in [1.807, 2.05) is 24.4 Å². The van der Waals surface area contributed by atoms with Crippen LogP contribution in [0.1, 0.15) is 42.2 Å². The van der Waals surface area contributed by atoms with Crippen molar-refractivity contribution in [3.8, 4) is 0 Å². The molecule has 4 N–H and O–H groups in total. The number of hydrogen-bond donors (Lipinski definition) is 3. The number of nitrogens with one attached hydrogen (secondary N) is 1. The number of aliphatic imine (C=N–C) groups is 1. The Balaban J connectivity index is 1.03. The van der Waals surface area contributed by atoms with E-state index in [-0.39, 0.29) is 25.0 Å². The van der Waals surface area contributed by atoms with Gasteiger partial charge in [-0.25, -0.2) is 0 Å². The van der Waals surface area contributed by atoms with Gasteiger partial charge in [0.05, 0.1) is 149 Å². The summed E-state index contributed by atoms with van der Waals surface area (Å²) in [6, 6.07) is 10.1. The molecule has 17 nitrogen and oxygen atoms in total. The number of hydrogen-bond acceptors (Lipinski definition) is 16. The van der Waals surface area contributed by atoms with Crippen LogP contribution in [0.25, 0.3) is 6.08 Å². The van der Waals surface area contributed by atoms with E-state index in [1.165, 1.54) is 5.56 Å². The highest BCUT2D eigenvalue weighted by molar-refractivity contribution is 7.11. The first kappa shape index (κ1) is 53.1. The summed E-state index contributed by atoms with van der Waals surface area (Å²) in [5.74, 6) is -0.973. The first-order valence-corrected chi connectivity index (χ1v) is 22.4. The minimum absolute atomic E-state index is 0.00698. The number of likely N-dealkylation sites (N-methyl/N-ethyl adjacent to an activating group) is 1. The predicted octanol–water partition coefficient (Wildman–Crippen LogP) is 3.73. The Kier molecular flexibility index (Phi) is 30.1. The van der Waals surface area contributed by atoms with Crippen molar-refractivity contribution in [1.29, 1.82) is 0 Å². The number of carboxylic acids is 1. The standard InChI is InChI=1S/C44H70N4O13S/c1-3-39(45)41-32-38(33-42-40(47-41)9-31-62-42)44(51)46-34-36-4-6-37(7-5-36)35-48(2)10-12-53-14-16-55-18-20-57-22-24-59-26-28-61-30-29-60-27-25-58-23-21-56-19-17-54-15-13-52-11-8-43(49)50/h4-7,9,31,33,39H,3,8,10-30,32,34-35,45H2,1-2H3,(H,46,51)(H,49,50). The number of carbonyl (C=O) groups is 2. The summed E-state index contributed by atoms with van der Waals surface area (Å²) in [5, 5.41) is 13.6. The highest BCUT2D eigenvalue weighted by Crippen LogP contribution is 2.32. The summed E-state index contributed by atoms with van der Waals surface area (Å²) in [6.45, 7) is 13.3. The third kappa shape index (κ3) is 25.8. The van der Waals surface area contributed by atoms with Crippen molar-refractivity contribution in [2.75, 3.05) is 146 Å². The second-order valence-electron chi connectivity index (χ2n) is 14.1. The van der Waals surface area contributed by atoms with Crippen LogP contribution in [0.4, 0.5) is 5.69 Å². The van der Waals surface area contributed by atoms with Gasteiger partial charge >= 0.3 is 5.97 Å². The zero-order valence-corrected chi connectivity index (χ0v) is 37.5. The molecule has 0 aliphatic carbocycles. The Labute approximate surface area is 371 Å². The molecule has 1 aliphatic rings. The van der Waals surface area contributed by atoms with Crippen LogP contribution in [0.5, 0.6) is 0 Å². The van der Waals surface area contributed by atoms with E-state index in [9.17, 15) is 9.59 Å². The fourth-order valence-corrected chi connectivity index (χ4v) is 6.41. The number of carboxylic acid groups (broad SMARTS) is 1. The summed E-state index contributed by atoms with van der Waals surface area (Å²) in [4.78, 5) is 31.5. The van der Waals surface area contributed by atoms with Gasteiger partial charge < -0.3 is 63.5 Å². The van der Waals surface area contributed by atoms with Crippen molar-refractivity contribution < 1.29 is 62.1 Å². The van der Waals surface area contributed by atoms with Crippen LogP contribution in [0.2, 0.25) is 0 Å². The van der Waals surface area contributed by atoms with Gasteiger partial charge in [-0.3, -0.25) is 19.5 Å². The molecule has 1 atom stereocenters. The fourth-order valence-electron chi connectivity index (χ4n) is 5.62. The fraction of sp³-hybridized carbons (Fsp3) is 0.659. The quantitative estimate of drug-likeness (QED) is 0.0817. The van der Waals surface area contributed by atoms with Crippen molar-refractivity contribution in [1.82, 2.24) is 10.2 Å². The first-order chi connectivity index (χ1) is 30.4. The zero-order chi connectivity index (χ0) is 44.3. The molecule has 18 heteroatoms. The van der Waals surface area contributed by atoms with Crippen LogP contribution in [-0.2, 0) is 70.0 Å². The molecule has 1 amide bonds. The lowest BCUT2D eigenvalue weighted by Gasteiger charge is -2.17. The maximum absolute atomic E-state index is 13.2. The summed E-state index contributed by atoms with van der Waals surface area (Å²) in [6.07, 6.45) is 3.15. The smallest absolute Gasteiger partial charge is 0.305 e. The van der Waals surface area contributed by atoms with Crippen LogP contribution in [0.15, 0.2) is 46.3 Å². The second kappa shape index (κ2) is 35.2. The normalized spacial score (nSPS) is 13.2. The Bertz CT molecular complexity index is 1530. The molecule has 1 aromatic carbocycles. The average Bonchev–Trinajstić information content (AvgIpc) is 3.62. The number of ether oxygens (including phenoxy) is 10. The minimum atomic E-state index is -0.877. The van der Waals surface area contributed by atoms with Gasteiger partial charge in [-0.1, -0.05) is 31.2 Å². The molecule has 350 valence electrons. The van der Waals surface area contributed by atoms with Gasteiger partial charge in [0, 0.05) is 43.4 Å². The Morgan fingerprint density at radius 2 is 1.13 bits per heavy atom. The lowest BCUT2D eigenvalue weighted by atomic mass is 10.0. The Morgan fingerprint density at radius 1 is 0.694 bits per heavy atom. The van der Waals surface area contributed by atoms with Crippen LogP contribution in [0.3, 0.4) is 0 Å². The van der Waals surface area contributed by atoms with Crippen molar-refractivity contribution in [3.63, 3.8) is 0 Å². The molecule has 0 radical (unpaired) electrons. The summed E-state index contributed by atoms with van der Waals surface area (Å²) < 4.78 is 54.7. The van der Waals surface area contributed by atoms with Crippen molar-refractivity contribution in [2.45, 2.75) is 45.3 Å². The number of benzene rings is 1. The molecule has 3 rings (SSSR count). The van der Waals surface area contributed by atoms with Crippen molar-refractivity contribution >= 4 is 40.7 Å². The van der Waals surface area contributed by atoms with Crippen molar-refractivity contribution in [2.24, 2.45) is 10.7 Å². The van der Waals surface area contributed by atoms with Crippen LogP contribution in [0, 0.1) is 0 Å². The number of nitrogens with zero attached hydrogens (tertiary/aromatic N) is 2. The maximum Gasteiger partial charge on any atom is 0.305 e. The summed E-state index contributed by atoms with van der Waals surface area (Å²) >= 11 is 1.58. The predicted molar refractivity (Wildman–Crippen MR) is 237 cm³/mol. The van der Waals surface area contributed by atoms with Crippen LogP contribution >= 0.6 is 11.3 Å². The van der Waals surface area contributed by atoms with Gasteiger partial charge in [0.2, 0.25) is 5.91 Å². The topological polar surface area (TPSA) is 200 Å². The molecule has 1 aromatic heterocycles. The van der Waals surface area contributed by atoms with Gasteiger partial charge in [-0.05, 0) is 42.1 Å². The number of thiophene rings is 1.